The van der Waals surface area contributed by atoms with E-state index in [2.05, 4.69) is 25.7 Å². The molecule has 0 amide bonds. The van der Waals surface area contributed by atoms with E-state index in [1.54, 1.807) is 12.1 Å². The highest BCUT2D eigenvalue weighted by Crippen LogP contribution is 2.57. The van der Waals surface area contributed by atoms with Crippen molar-refractivity contribution in [2.75, 3.05) is 0 Å². The van der Waals surface area contributed by atoms with Crippen LogP contribution in [-0.4, -0.2) is 13.2 Å². The highest BCUT2D eigenvalue weighted by Gasteiger charge is 2.59. The van der Waals surface area contributed by atoms with Crippen molar-refractivity contribution in [1.29, 1.82) is 0 Å². The van der Waals surface area contributed by atoms with Crippen LogP contribution in [0.1, 0.15) is 45.4 Å². The maximum atomic E-state index is 13.5. The van der Waals surface area contributed by atoms with Crippen molar-refractivity contribution in [3.05, 3.63) is 54.6 Å². The van der Waals surface area contributed by atoms with E-state index < -0.39 is 14.6 Å². The molecule has 124 valence electrons. The molecule has 1 fully saturated rings. The first-order valence-electron chi connectivity index (χ1n) is 8.71. The van der Waals surface area contributed by atoms with Crippen LogP contribution in [-0.2, 0) is 9.84 Å². The Morgan fingerprint density at radius 1 is 1.13 bits per heavy atom. The number of benzene rings is 1. The Kier molecular flexibility index (Phi) is 4.50. The standard InChI is InChI=1S/C20H26O2S/c1-3-4-5-9-14-20(16(2)17-12-13-18(20)15-17)23(21,22)19-10-7-6-8-11-19/h6-8,10-13,17-18H,2-5,9,14-15H2,1H3/t17-,18+,20-/m0/s1. The molecule has 0 heterocycles. The van der Waals surface area contributed by atoms with Crippen LogP contribution in [0.3, 0.4) is 0 Å². The van der Waals surface area contributed by atoms with Crippen molar-refractivity contribution in [1.82, 2.24) is 0 Å². The summed E-state index contributed by atoms with van der Waals surface area (Å²) in [4.78, 5) is 0.442. The molecule has 1 aromatic carbocycles. The lowest BCUT2D eigenvalue weighted by molar-refractivity contribution is 0.448. The minimum absolute atomic E-state index is 0.0897. The Morgan fingerprint density at radius 2 is 1.87 bits per heavy atom. The summed E-state index contributed by atoms with van der Waals surface area (Å²) in [5.41, 5.74) is 0.922. The largest absolute Gasteiger partial charge is 0.223 e. The molecular formula is C20H26O2S. The van der Waals surface area contributed by atoms with Gasteiger partial charge in [-0.15, -0.1) is 0 Å². The minimum Gasteiger partial charge on any atom is -0.223 e. The van der Waals surface area contributed by atoms with Crippen LogP contribution in [0.25, 0.3) is 0 Å². The Labute approximate surface area is 140 Å². The van der Waals surface area contributed by atoms with Crippen molar-refractivity contribution >= 4 is 9.84 Å². The summed E-state index contributed by atoms with van der Waals surface area (Å²) < 4.78 is 26.3. The van der Waals surface area contributed by atoms with Crippen LogP contribution >= 0.6 is 0 Å². The molecule has 0 radical (unpaired) electrons. The summed E-state index contributed by atoms with van der Waals surface area (Å²) in [7, 11) is -3.42. The van der Waals surface area contributed by atoms with Gasteiger partial charge in [-0.05, 0) is 36.5 Å². The Balaban J connectivity index is 2.00. The second-order valence-electron chi connectivity index (χ2n) is 6.88. The lowest BCUT2D eigenvalue weighted by Gasteiger charge is -2.37. The fourth-order valence-corrected chi connectivity index (χ4v) is 6.75. The molecule has 3 atom stereocenters. The van der Waals surface area contributed by atoms with Gasteiger partial charge in [0.15, 0.2) is 9.84 Å². The van der Waals surface area contributed by atoms with Crippen LogP contribution in [0.4, 0.5) is 0 Å². The van der Waals surface area contributed by atoms with Crippen molar-refractivity contribution in [3.8, 4) is 0 Å². The topological polar surface area (TPSA) is 34.1 Å². The first-order chi connectivity index (χ1) is 11.0. The number of allylic oxidation sites excluding steroid dienone is 2. The number of hydrogen-bond donors (Lipinski definition) is 0. The van der Waals surface area contributed by atoms with Crippen molar-refractivity contribution < 1.29 is 8.42 Å². The van der Waals surface area contributed by atoms with Gasteiger partial charge in [0.25, 0.3) is 0 Å². The van der Waals surface area contributed by atoms with Crippen molar-refractivity contribution in [2.24, 2.45) is 11.8 Å². The average Bonchev–Trinajstić information content (AvgIpc) is 3.14. The van der Waals surface area contributed by atoms with E-state index in [1.165, 1.54) is 0 Å². The Hall–Kier alpha value is -1.35. The van der Waals surface area contributed by atoms with Crippen molar-refractivity contribution in [2.45, 2.75) is 55.1 Å². The smallest absolute Gasteiger partial charge is 0.188 e. The third-order valence-corrected chi connectivity index (χ3v) is 8.23. The molecule has 23 heavy (non-hydrogen) atoms. The minimum atomic E-state index is -3.42. The molecule has 3 rings (SSSR count). The molecule has 2 aliphatic rings. The zero-order valence-corrected chi connectivity index (χ0v) is 14.7. The number of fused-ring (bicyclic) bond motifs is 2. The highest BCUT2D eigenvalue weighted by atomic mass is 32.2. The normalized spacial score (nSPS) is 29.3. The SMILES string of the molecule is C=C1[C@H]2C=C[C@H](C2)[C@@]1(CCCCCC)S(=O)(=O)c1ccccc1. The summed E-state index contributed by atoms with van der Waals surface area (Å²) >= 11 is 0. The number of hydrogen-bond acceptors (Lipinski definition) is 2. The van der Waals surface area contributed by atoms with Crippen LogP contribution in [0.5, 0.6) is 0 Å². The highest BCUT2D eigenvalue weighted by molar-refractivity contribution is 7.93. The van der Waals surface area contributed by atoms with Gasteiger partial charge in [0.2, 0.25) is 0 Å². The molecule has 1 saturated carbocycles. The quantitative estimate of drug-likeness (QED) is 0.524. The monoisotopic (exact) mass is 330 g/mol. The third-order valence-electron chi connectivity index (χ3n) is 5.61. The fraction of sp³-hybridized carbons (Fsp3) is 0.500. The molecule has 0 N–H and O–H groups in total. The van der Waals surface area contributed by atoms with Crippen LogP contribution < -0.4 is 0 Å². The Bertz CT molecular complexity index is 702. The molecule has 1 aromatic rings. The predicted octanol–water partition coefficient (Wildman–Crippen LogP) is 4.93. The van der Waals surface area contributed by atoms with E-state index in [0.717, 1.165) is 37.7 Å². The summed E-state index contributed by atoms with van der Waals surface area (Å²) in [6.45, 7) is 6.43. The fourth-order valence-electron chi connectivity index (χ4n) is 4.33. The van der Waals surface area contributed by atoms with Crippen LogP contribution in [0.2, 0.25) is 0 Å². The molecule has 0 spiro atoms. The van der Waals surface area contributed by atoms with Gasteiger partial charge < -0.3 is 0 Å². The van der Waals surface area contributed by atoms with Gasteiger partial charge in [-0.3, -0.25) is 0 Å². The molecule has 3 heteroatoms. The third kappa shape index (κ3) is 2.50. The molecule has 2 bridgehead atoms. The van der Waals surface area contributed by atoms with Gasteiger partial charge in [0.1, 0.15) is 4.75 Å². The maximum absolute atomic E-state index is 13.5. The summed E-state index contributed by atoms with van der Waals surface area (Å²) in [5.74, 6) is 0.330. The van der Waals surface area contributed by atoms with Crippen LogP contribution in [0, 0.1) is 11.8 Å². The van der Waals surface area contributed by atoms with Gasteiger partial charge in [-0.2, -0.15) is 0 Å². The van der Waals surface area contributed by atoms with Gasteiger partial charge in [-0.25, -0.2) is 8.42 Å². The van der Waals surface area contributed by atoms with E-state index in [1.807, 2.05) is 18.2 Å². The Morgan fingerprint density at radius 3 is 2.48 bits per heavy atom. The number of rotatable bonds is 7. The van der Waals surface area contributed by atoms with E-state index in [4.69, 9.17) is 0 Å². The molecule has 0 aliphatic heterocycles. The molecule has 0 aromatic heterocycles. The molecule has 0 unspecified atom stereocenters. The van der Waals surface area contributed by atoms with Gasteiger partial charge in [-0.1, -0.05) is 69.5 Å². The summed E-state index contributed by atoms with van der Waals surface area (Å²) in [6, 6.07) is 8.94. The van der Waals surface area contributed by atoms with Crippen molar-refractivity contribution in [3.63, 3.8) is 0 Å². The van der Waals surface area contributed by atoms with E-state index in [9.17, 15) is 8.42 Å². The summed E-state index contributed by atoms with van der Waals surface area (Å²) in [6.07, 6.45) is 10.3. The molecule has 2 aliphatic carbocycles. The zero-order valence-electron chi connectivity index (χ0n) is 13.9. The van der Waals surface area contributed by atoms with Gasteiger partial charge >= 0.3 is 0 Å². The van der Waals surface area contributed by atoms with E-state index >= 15 is 0 Å². The number of sulfone groups is 1. The second kappa shape index (κ2) is 6.27. The van der Waals surface area contributed by atoms with Gasteiger partial charge in [0, 0.05) is 5.92 Å². The average molecular weight is 330 g/mol. The van der Waals surface area contributed by atoms with Gasteiger partial charge in [0.05, 0.1) is 4.90 Å². The lowest BCUT2D eigenvalue weighted by Crippen LogP contribution is -2.44. The first kappa shape index (κ1) is 16.5. The molecule has 2 nitrogen and oxygen atoms in total. The maximum Gasteiger partial charge on any atom is 0.188 e. The lowest BCUT2D eigenvalue weighted by atomic mass is 9.84. The van der Waals surface area contributed by atoms with E-state index in [0.29, 0.717) is 11.3 Å². The summed E-state index contributed by atoms with van der Waals surface area (Å²) in [5, 5.41) is 0. The zero-order chi connectivity index (χ0) is 16.5. The first-order valence-corrected chi connectivity index (χ1v) is 10.2. The number of unbranched alkanes of at least 4 members (excludes halogenated alkanes) is 3. The van der Waals surface area contributed by atoms with Crippen LogP contribution in [0.15, 0.2) is 59.5 Å². The van der Waals surface area contributed by atoms with E-state index in [-0.39, 0.29) is 11.8 Å². The molecular weight excluding hydrogens is 304 g/mol. The predicted molar refractivity (Wildman–Crippen MR) is 95.0 cm³/mol. The molecule has 0 saturated heterocycles. The second-order valence-corrected chi connectivity index (χ2v) is 9.08.